The Hall–Kier alpha value is -1.69. The Bertz CT molecular complexity index is 760. The summed E-state index contributed by atoms with van der Waals surface area (Å²) in [7, 11) is -3.49. The number of allylic oxidation sites excluding steroid dienone is 2. The van der Waals surface area contributed by atoms with Crippen LogP contribution in [0.4, 0.5) is 0 Å². The molecule has 0 spiro atoms. The fourth-order valence-electron chi connectivity index (χ4n) is 4.49. The van der Waals surface area contributed by atoms with Gasteiger partial charge in [-0.1, -0.05) is 12.2 Å². The van der Waals surface area contributed by atoms with Crippen molar-refractivity contribution in [3.8, 4) is 0 Å². The van der Waals surface area contributed by atoms with Gasteiger partial charge in [0.2, 0.25) is 15.9 Å². The third-order valence-electron chi connectivity index (χ3n) is 5.68. The molecule has 5 rings (SSSR count). The Morgan fingerprint density at radius 2 is 1.79 bits per heavy atom. The Labute approximate surface area is 142 Å². The highest BCUT2D eigenvalue weighted by Gasteiger charge is 2.59. The molecule has 4 atom stereocenters. The summed E-state index contributed by atoms with van der Waals surface area (Å²) in [4.78, 5) is 16.7. The van der Waals surface area contributed by atoms with Crippen molar-refractivity contribution in [2.75, 3.05) is 6.54 Å². The van der Waals surface area contributed by atoms with Gasteiger partial charge >= 0.3 is 0 Å². The lowest BCUT2D eigenvalue weighted by Gasteiger charge is -2.37. The van der Waals surface area contributed by atoms with Crippen molar-refractivity contribution in [3.05, 3.63) is 42.2 Å². The lowest BCUT2D eigenvalue weighted by atomic mass is 9.68. The molecule has 0 radical (unpaired) electrons. The van der Waals surface area contributed by atoms with Crippen LogP contribution in [0.2, 0.25) is 0 Å². The predicted octanol–water partition coefficient (Wildman–Crippen LogP) is 2.16. The van der Waals surface area contributed by atoms with E-state index >= 15 is 0 Å². The Balaban J connectivity index is 1.42. The van der Waals surface area contributed by atoms with E-state index in [0.29, 0.717) is 13.0 Å². The van der Waals surface area contributed by atoms with Gasteiger partial charge < -0.3 is 0 Å². The van der Waals surface area contributed by atoms with Gasteiger partial charge in [-0.2, -0.15) is 0 Å². The lowest BCUT2D eigenvalue weighted by Crippen LogP contribution is -2.42. The summed E-state index contributed by atoms with van der Waals surface area (Å²) >= 11 is 0. The molecule has 1 saturated carbocycles. The monoisotopic (exact) mass is 346 g/mol. The zero-order chi connectivity index (χ0) is 16.7. The molecule has 1 amide bonds. The van der Waals surface area contributed by atoms with E-state index in [0.717, 1.165) is 25.7 Å². The van der Waals surface area contributed by atoms with Crippen LogP contribution < -0.4 is 0 Å². The van der Waals surface area contributed by atoms with Gasteiger partial charge in [-0.3, -0.25) is 9.78 Å². The van der Waals surface area contributed by atoms with Crippen LogP contribution in [0.5, 0.6) is 0 Å². The minimum atomic E-state index is -3.49. The number of nitrogens with zero attached hydrogens (tertiary/aromatic N) is 2. The van der Waals surface area contributed by atoms with Crippen LogP contribution in [-0.2, 0) is 21.2 Å². The largest absolute Gasteiger partial charge is 0.273 e. The summed E-state index contributed by atoms with van der Waals surface area (Å²) in [6, 6.07) is 3.94. The molecule has 1 aromatic rings. The number of hydrogen-bond donors (Lipinski definition) is 0. The number of carbonyl (C=O) groups excluding carboxylic acids is 1. The number of aryl methyl sites for hydroxylation is 1. The zero-order valence-corrected chi connectivity index (χ0v) is 14.4. The molecule has 2 heterocycles. The van der Waals surface area contributed by atoms with Crippen LogP contribution in [0.15, 0.2) is 36.7 Å². The number of amides is 1. The van der Waals surface area contributed by atoms with E-state index in [-0.39, 0.29) is 23.7 Å². The van der Waals surface area contributed by atoms with E-state index in [9.17, 15) is 13.2 Å². The van der Waals surface area contributed by atoms with Crippen molar-refractivity contribution >= 4 is 15.9 Å². The minimum Gasteiger partial charge on any atom is -0.273 e. The number of aromatic nitrogens is 1. The minimum absolute atomic E-state index is 0.0239. The molecule has 3 aliphatic carbocycles. The van der Waals surface area contributed by atoms with Crippen molar-refractivity contribution in [3.63, 3.8) is 0 Å². The van der Waals surface area contributed by atoms with Crippen LogP contribution in [-0.4, -0.2) is 35.4 Å². The molecule has 6 heteroatoms. The summed E-state index contributed by atoms with van der Waals surface area (Å²) in [6.07, 6.45) is 11.9. The molecule has 0 N–H and O–H groups in total. The SMILES string of the molecule is O=C1C2C3C=CC(CC3)C2S(=O)(=O)N1CCCCc1ccncc1. The molecule has 5 nitrogen and oxygen atoms in total. The van der Waals surface area contributed by atoms with Gasteiger partial charge in [0, 0.05) is 18.9 Å². The van der Waals surface area contributed by atoms with E-state index in [2.05, 4.69) is 11.1 Å². The zero-order valence-electron chi connectivity index (χ0n) is 13.5. The maximum Gasteiger partial charge on any atom is 0.241 e. The van der Waals surface area contributed by atoms with Crippen molar-refractivity contribution in [2.45, 2.75) is 37.4 Å². The third-order valence-corrected chi connectivity index (χ3v) is 7.99. The van der Waals surface area contributed by atoms with Gasteiger partial charge in [-0.05, 0) is 61.6 Å². The Morgan fingerprint density at radius 3 is 2.46 bits per heavy atom. The number of sulfonamides is 1. The van der Waals surface area contributed by atoms with Gasteiger partial charge in [-0.15, -0.1) is 0 Å². The van der Waals surface area contributed by atoms with Crippen molar-refractivity contribution < 1.29 is 13.2 Å². The predicted molar refractivity (Wildman–Crippen MR) is 90.4 cm³/mol. The van der Waals surface area contributed by atoms with Crippen LogP contribution in [0.1, 0.15) is 31.2 Å². The summed E-state index contributed by atoms with van der Waals surface area (Å²) in [6.45, 7) is 0.318. The molecule has 0 aromatic carbocycles. The second-order valence-electron chi connectivity index (χ2n) is 7.05. The number of carbonyl (C=O) groups is 1. The van der Waals surface area contributed by atoms with Crippen LogP contribution >= 0.6 is 0 Å². The Morgan fingerprint density at radius 1 is 1.08 bits per heavy atom. The average Bonchev–Trinajstić information content (AvgIpc) is 2.82. The van der Waals surface area contributed by atoms with Crippen molar-refractivity contribution in [2.24, 2.45) is 17.8 Å². The van der Waals surface area contributed by atoms with E-state index in [1.807, 2.05) is 18.2 Å². The third kappa shape index (κ3) is 2.48. The van der Waals surface area contributed by atoms with Gasteiger partial charge in [0.25, 0.3) is 0 Å². The first-order valence-corrected chi connectivity index (χ1v) is 10.2. The van der Waals surface area contributed by atoms with E-state index in [1.54, 1.807) is 12.4 Å². The number of hydrogen-bond acceptors (Lipinski definition) is 4. The maximum atomic E-state index is 12.9. The first-order valence-electron chi connectivity index (χ1n) is 8.71. The molecule has 2 fully saturated rings. The quantitative estimate of drug-likeness (QED) is 0.605. The van der Waals surface area contributed by atoms with E-state index in [4.69, 9.17) is 0 Å². The molecule has 1 aromatic heterocycles. The Kier molecular flexibility index (Phi) is 3.95. The molecule has 1 aliphatic heterocycles. The molecular formula is C18H22N2O3S. The topological polar surface area (TPSA) is 67.3 Å². The molecule has 4 aliphatic rings. The van der Waals surface area contributed by atoms with E-state index < -0.39 is 15.3 Å². The summed E-state index contributed by atoms with van der Waals surface area (Å²) in [5.41, 5.74) is 1.19. The van der Waals surface area contributed by atoms with Gasteiger partial charge in [0.05, 0.1) is 11.2 Å². The molecular weight excluding hydrogens is 324 g/mol. The van der Waals surface area contributed by atoms with Gasteiger partial charge in [0.15, 0.2) is 0 Å². The average molecular weight is 346 g/mol. The number of fused-ring (bicyclic) bond motifs is 1. The molecule has 4 unspecified atom stereocenters. The van der Waals surface area contributed by atoms with Crippen LogP contribution in [0, 0.1) is 17.8 Å². The van der Waals surface area contributed by atoms with Crippen LogP contribution in [0.25, 0.3) is 0 Å². The van der Waals surface area contributed by atoms with Crippen molar-refractivity contribution in [1.82, 2.24) is 9.29 Å². The van der Waals surface area contributed by atoms with Gasteiger partial charge in [-0.25, -0.2) is 12.7 Å². The standard InChI is InChI=1S/C18H22N2O3S/c21-18-16-14-4-6-15(7-5-14)17(16)24(22,23)20(18)12-2-1-3-13-8-10-19-11-9-13/h4,6,8-11,14-17H,1-3,5,7,12H2. The number of rotatable bonds is 5. The fourth-order valence-corrected chi connectivity index (χ4v) is 6.89. The second kappa shape index (κ2) is 5.99. The normalized spacial score (nSPS) is 33.0. The molecule has 128 valence electrons. The highest BCUT2D eigenvalue weighted by Crippen LogP contribution is 2.49. The first-order chi connectivity index (χ1) is 11.6. The lowest BCUT2D eigenvalue weighted by molar-refractivity contribution is -0.131. The highest BCUT2D eigenvalue weighted by molar-refractivity contribution is 7.90. The molecule has 2 bridgehead atoms. The molecule has 24 heavy (non-hydrogen) atoms. The fraction of sp³-hybridized carbons (Fsp3) is 0.556. The molecule has 1 saturated heterocycles. The number of unbranched alkanes of at least 4 members (excludes halogenated alkanes) is 1. The summed E-state index contributed by atoms with van der Waals surface area (Å²) in [5.74, 6) is -0.359. The van der Waals surface area contributed by atoms with Gasteiger partial charge in [0.1, 0.15) is 0 Å². The summed E-state index contributed by atoms with van der Waals surface area (Å²) in [5, 5.41) is -0.506. The maximum absolute atomic E-state index is 12.9. The first kappa shape index (κ1) is 15.8. The number of pyridine rings is 1. The van der Waals surface area contributed by atoms with Crippen molar-refractivity contribution in [1.29, 1.82) is 0 Å². The van der Waals surface area contributed by atoms with E-state index in [1.165, 1.54) is 9.87 Å². The van der Waals surface area contributed by atoms with Crippen LogP contribution in [0.3, 0.4) is 0 Å². The highest BCUT2D eigenvalue weighted by atomic mass is 32.2. The smallest absolute Gasteiger partial charge is 0.241 e. The summed E-state index contributed by atoms with van der Waals surface area (Å²) < 4.78 is 26.9. The second-order valence-corrected chi connectivity index (χ2v) is 9.06.